The number of thiophene rings is 1. The van der Waals surface area contributed by atoms with Gasteiger partial charge in [0.05, 0.1) is 6.54 Å². The molecule has 0 bridgehead atoms. The molecule has 0 spiro atoms. The molecule has 1 aliphatic carbocycles. The maximum atomic E-state index is 11.2. The van der Waals surface area contributed by atoms with E-state index in [1.807, 2.05) is 0 Å². The van der Waals surface area contributed by atoms with Gasteiger partial charge in [0.15, 0.2) is 5.96 Å². The largest absolute Gasteiger partial charge is 0.353 e. The molecular formula is C11H18N4O2S2. The summed E-state index contributed by atoms with van der Waals surface area (Å²) < 4.78 is 22.5. The van der Waals surface area contributed by atoms with E-state index < -0.39 is 10.0 Å². The average molecular weight is 302 g/mol. The lowest BCUT2D eigenvalue weighted by Gasteiger charge is -2.10. The first kappa shape index (κ1) is 14.3. The van der Waals surface area contributed by atoms with Crippen molar-refractivity contribution >= 4 is 27.3 Å². The second-order valence-electron chi connectivity index (χ2n) is 4.66. The Balaban J connectivity index is 1.89. The van der Waals surface area contributed by atoms with Gasteiger partial charge in [-0.1, -0.05) is 6.92 Å². The van der Waals surface area contributed by atoms with E-state index in [0.717, 1.165) is 17.3 Å². The van der Waals surface area contributed by atoms with E-state index in [-0.39, 0.29) is 4.21 Å². The highest BCUT2D eigenvalue weighted by molar-refractivity contribution is 7.91. The van der Waals surface area contributed by atoms with Crippen molar-refractivity contribution in [2.24, 2.45) is 16.0 Å². The smallest absolute Gasteiger partial charge is 0.247 e. The highest BCUT2D eigenvalue weighted by atomic mass is 32.2. The van der Waals surface area contributed by atoms with Gasteiger partial charge in [-0.3, -0.25) is 4.99 Å². The molecule has 1 aromatic rings. The van der Waals surface area contributed by atoms with E-state index >= 15 is 0 Å². The molecule has 1 fully saturated rings. The molecule has 0 saturated heterocycles. The van der Waals surface area contributed by atoms with Gasteiger partial charge >= 0.3 is 0 Å². The molecule has 8 heteroatoms. The summed E-state index contributed by atoms with van der Waals surface area (Å²) in [5.41, 5.74) is 0. The van der Waals surface area contributed by atoms with Gasteiger partial charge < -0.3 is 10.6 Å². The van der Waals surface area contributed by atoms with Crippen LogP contribution in [0.2, 0.25) is 0 Å². The lowest BCUT2D eigenvalue weighted by atomic mass is 10.4. The van der Waals surface area contributed by atoms with Crippen molar-refractivity contribution in [3.05, 3.63) is 17.0 Å². The number of hydrogen-bond donors (Lipinski definition) is 3. The molecule has 2 unspecified atom stereocenters. The fraction of sp³-hybridized carbons (Fsp3) is 0.545. The van der Waals surface area contributed by atoms with Crippen molar-refractivity contribution < 1.29 is 8.42 Å². The molecule has 1 aliphatic rings. The van der Waals surface area contributed by atoms with Gasteiger partial charge in [-0.05, 0) is 24.5 Å². The minimum absolute atomic E-state index is 0.183. The Kier molecular flexibility index (Phi) is 4.12. The highest BCUT2D eigenvalue weighted by Gasteiger charge is 2.33. The molecule has 2 atom stereocenters. The monoisotopic (exact) mass is 302 g/mol. The van der Waals surface area contributed by atoms with Gasteiger partial charge in [0.1, 0.15) is 4.21 Å². The number of sulfonamides is 1. The molecule has 0 aliphatic heterocycles. The van der Waals surface area contributed by atoms with Crippen LogP contribution >= 0.6 is 11.3 Å². The third-order valence-corrected chi connectivity index (χ3v) is 5.53. The molecule has 0 aromatic carbocycles. The van der Waals surface area contributed by atoms with E-state index in [1.54, 1.807) is 13.1 Å². The van der Waals surface area contributed by atoms with Gasteiger partial charge in [0, 0.05) is 18.0 Å². The Labute approximate surface area is 117 Å². The van der Waals surface area contributed by atoms with E-state index in [2.05, 4.69) is 22.5 Å². The first-order chi connectivity index (χ1) is 8.90. The van der Waals surface area contributed by atoms with Crippen LogP contribution in [-0.2, 0) is 16.6 Å². The normalized spacial score (nSPS) is 23.2. The van der Waals surface area contributed by atoms with E-state index in [0.29, 0.717) is 18.5 Å². The van der Waals surface area contributed by atoms with Crippen molar-refractivity contribution in [1.29, 1.82) is 0 Å². The zero-order valence-electron chi connectivity index (χ0n) is 10.9. The van der Waals surface area contributed by atoms with Crippen LogP contribution in [0.5, 0.6) is 0 Å². The summed E-state index contributed by atoms with van der Waals surface area (Å²) in [6.45, 7) is 2.71. The van der Waals surface area contributed by atoms with Gasteiger partial charge in [-0.25, -0.2) is 13.6 Å². The van der Waals surface area contributed by atoms with Crippen molar-refractivity contribution in [3.8, 4) is 0 Å². The zero-order valence-corrected chi connectivity index (χ0v) is 12.5. The number of nitrogens with zero attached hydrogens (tertiary/aromatic N) is 1. The van der Waals surface area contributed by atoms with Gasteiger partial charge in [0.2, 0.25) is 10.0 Å². The first-order valence-corrected chi connectivity index (χ1v) is 8.35. The topological polar surface area (TPSA) is 96.6 Å². The Morgan fingerprint density at radius 3 is 2.74 bits per heavy atom. The first-order valence-electron chi connectivity index (χ1n) is 5.99. The highest BCUT2D eigenvalue weighted by Crippen LogP contribution is 2.28. The molecule has 1 aromatic heterocycles. The van der Waals surface area contributed by atoms with Crippen LogP contribution in [0.3, 0.4) is 0 Å². The molecule has 106 valence electrons. The molecule has 0 amide bonds. The molecule has 6 nitrogen and oxygen atoms in total. The van der Waals surface area contributed by atoms with Gasteiger partial charge in [0.25, 0.3) is 0 Å². The van der Waals surface area contributed by atoms with Crippen molar-refractivity contribution in [2.45, 2.75) is 30.1 Å². The summed E-state index contributed by atoms with van der Waals surface area (Å²) in [7, 11) is -1.88. The quantitative estimate of drug-likeness (QED) is 0.556. The average Bonchev–Trinajstić information content (AvgIpc) is 2.83. The molecule has 19 heavy (non-hydrogen) atoms. The Morgan fingerprint density at radius 1 is 1.58 bits per heavy atom. The zero-order chi connectivity index (χ0) is 14.0. The second kappa shape index (κ2) is 5.48. The lowest BCUT2D eigenvalue weighted by molar-refractivity contribution is 0.600. The van der Waals surface area contributed by atoms with Crippen molar-refractivity contribution in [1.82, 2.24) is 10.6 Å². The fourth-order valence-electron chi connectivity index (χ4n) is 1.67. The fourth-order valence-corrected chi connectivity index (χ4v) is 3.39. The SMILES string of the molecule is CN=C(NCc1ccc(S(N)(=O)=O)s1)NC1CC1C. The van der Waals surface area contributed by atoms with Crippen molar-refractivity contribution in [2.75, 3.05) is 7.05 Å². The number of nitrogens with one attached hydrogen (secondary N) is 2. The lowest BCUT2D eigenvalue weighted by Crippen LogP contribution is -2.38. The molecular weight excluding hydrogens is 284 g/mol. The Hall–Kier alpha value is -1.12. The predicted octanol–water partition coefficient (Wildman–Crippen LogP) is 0.469. The van der Waals surface area contributed by atoms with E-state index in [9.17, 15) is 8.42 Å². The number of aliphatic imine (C=N–C) groups is 1. The summed E-state index contributed by atoms with van der Waals surface area (Å²) in [5, 5.41) is 11.5. The summed E-state index contributed by atoms with van der Waals surface area (Å²) >= 11 is 1.17. The predicted molar refractivity (Wildman–Crippen MR) is 76.6 cm³/mol. The van der Waals surface area contributed by atoms with Crippen LogP contribution in [0.25, 0.3) is 0 Å². The molecule has 1 heterocycles. The third kappa shape index (κ3) is 3.92. The van der Waals surface area contributed by atoms with Crippen LogP contribution in [0.15, 0.2) is 21.3 Å². The molecule has 0 radical (unpaired) electrons. The molecule has 4 N–H and O–H groups in total. The van der Waals surface area contributed by atoms with Gasteiger partial charge in [-0.2, -0.15) is 0 Å². The number of hydrogen-bond acceptors (Lipinski definition) is 4. The minimum Gasteiger partial charge on any atom is -0.353 e. The van der Waals surface area contributed by atoms with Crippen LogP contribution in [-0.4, -0.2) is 27.5 Å². The summed E-state index contributed by atoms with van der Waals surface area (Å²) in [6, 6.07) is 3.77. The van der Waals surface area contributed by atoms with Crippen LogP contribution in [0, 0.1) is 5.92 Å². The number of rotatable bonds is 4. The van der Waals surface area contributed by atoms with E-state index in [1.165, 1.54) is 17.4 Å². The summed E-state index contributed by atoms with van der Waals surface area (Å²) in [4.78, 5) is 5.03. The van der Waals surface area contributed by atoms with Crippen molar-refractivity contribution in [3.63, 3.8) is 0 Å². The van der Waals surface area contributed by atoms with E-state index in [4.69, 9.17) is 5.14 Å². The Bertz CT molecular complexity index is 579. The minimum atomic E-state index is -3.60. The van der Waals surface area contributed by atoms with Crippen LogP contribution in [0.4, 0.5) is 0 Å². The maximum absolute atomic E-state index is 11.2. The summed E-state index contributed by atoms with van der Waals surface area (Å²) in [6.07, 6.45) is 1.16. The second-order valence-corrected chi connectivity index (χ2v) is 7.61. The Morgan fingerprint density at radius 2 is 2.26 bits per heavy atom. The third-order valence-electron chi connectivity index (χ3n) is 3.00. The standard InChI is InChI=1S/C11H18N4O2S2/c1-7-5-9(7)15-11(13-2)14-6-8-3-4-10(18-8)19(12,16)17/h3-4,7,9H,5-6H2,1-2H3,(H2,12,16,17)(H2,13,14,15). The molecule has 1 saturated carbocycles. The number of guanidine groups is 1. The summed E-state index contributed by atoms with van der Waals surface area (Å²) in [5.74, 6) is 1.43. The maximum Gasteiger partial charge on any atom is 0.247 e. The van der Waals surface area contributed by atoms with Gasteiger partial charge in [-0.15, -0.1) is 11.3 Å². The van der Waals surface area contributed by atoms with Crippen LogP contribution in [0.1, 0.15) is 18.2 Å². The number of primary sulfonamides is 1. The van der Waals surface area contributed by atoms with Crippen LogP contribution < -0.4 is 15.8 Å². The number of nitrogens with two attached hydrogens (primary N) is 1. The molecule has 2 rings (SSSR count).